The van der Waals surface area contributed by atoms with Crippen LogP contribution in [0.1, 0.15) is 19.5 Å². The lowest BCUT2D eigenvalue weighted by molar-refractivity contribution is -0.134. The first-order valence-electron chi connectivity index (χ1n) is 9.23. The predicted molar refractivity (Wildman–Crippen MR) is 98.7 cm³/mol. The summed E-state index contributed by atoms with van der Waals surface area (Å²) >= 11 is 0. The third-order valence-corrected chi connectivity index (χ3v) is 4.97. The van der Waals surface area contributed by atoms with E-state index in [0.29, 0.717) is 30.9 Å². The molecule has 1 fully saturated rings. The Balaban J connectivity index is 1.51. The summed E-state index contributed by atoms with van der Waals surface area (Å²) in [5, 5.41) is 4.93. The van der Waals surface area contributed by atoms with Crippen LogP contribution in [0.15, 0.2) is 28.8 Å². The van der Waals surface area contributed by atoms with Gasteiger partial charge < -0.3 is 14.3 Å². The number of likely N-dealkylation sites (N-methyl/N-ethyl adjacent to an activating group) is 1. The van der Waals surface area contributed by atoms with Gasteiger partial charge in [0.25, 0.3) is 0 Å². The average Bonchev–Trinajstić information content (AvgIpc) is 3.06. The lowest BCUT2D eigenvalue weighted by atomic mass is 10.1. The molecule has 1 aliphatic rings. The molecule has 0 bridgehead atoms. The van der Waals surface area contributed by atoms with Gasteiger partial charge in [0.1, 0.15) is 5.69 Å². The Morgan fingerprint density at radius 3 is 2.50 bits per heavy atom. The molecule has 7 nitrogen and oxygen atoms in total. The number of fused-ring (bicyclic) bond motifs is 1. The topological polar surface area (TPSA) is 69.9 Å². The smallest absolute Gasteiger partial charge is 0.236 e. The summed E-state index contributed by atoms with van der Waals surface area (Å²) in [5.41, 5.74) is 1.39. The molecule has 0 aliphatic carbocycles. The molecule has 1 aliphatic heterocycles. The molecule has 2 aromatic rings. The van der Waals surface area contributed by atoms with Gasteiger partial charge in [-0.2, -0.15) is 0 Å². The highest BCUT2D eigenvalue weighted by molar-refractivity contribution is 5.86. The molecule has 0 spiro atoms. The van der Waals surface area contributed by atoms with Crippen LogP contribution in [-0.2, 0) is 16.0 Å². The summed E-state index contributed by atoms with van der Waals surface area (Å²) in [4.78, 5) is 30.6. The number of piperazine rings is 1. The second-order valence-corrected chi connectivity index (χ2v) is 6.53. The van der Waals surface area contributed by atoms with Crippen molar-refractivity contribution in [3.05, 3.63) is 30.0 Å². The average molecular weight is 358 g/mol. The maximum atomic E-state index is 12.6. The van der Waals surface area contributed by atoms with E-state index in [9.17, 15) is 9.59 Å². The maximum absolute atomic E-state index is 12.6. The van der Waals surface area contributed by atoms with Crippen LogP contribution in [0.3, 0.4) is 0 Å². The summed E-state index contributed by atoms with van der Waals surface area (Å²) in [5.74, 6) is 0.211. The van der Waals surface area contributed by atoms with Gasteiger partial charge in [-0.25, -0.2) is 0 Å². The SMILES string of the molecule is CCN(CC)C(=O)CN1CCN(C(=O)Cc2noc3ccccc23)CC1. The highest BCUT2D eigenvalue weighted by atomic mass is 16.5. The number of aromatic nitrogens is 1. The molecule has 26 heavy (non-hydrogen) atoms. The van der Waals surface area contributed by atoms with Crippen molar-refractivity contribution in [2.24, 2.45) is 0 Å². The first-order chi connectivity index (χ1) is 12.6. The minimum Gasteiger partial charge on any atom is -0.356 e. The van der Waals surface area contributed by atoms with E-state index in [-0.39, 0.29) is 18.2 Å². The molecule has 2 heterocycles. The summed E-state index contributed by atoms with van der Waals surface area (Å²) in [6.07, 6.45) is 0.245. The summed E-state index contributed by atoms with van der Waals surface area (Å²) in [6.45, 7) is 8.60. The van der Waals surface area contributed by atoms with Gasteiger partial charge >= 0.3 is 0 Å². The van der Waals surface area contributed by atoms with Gasteiger partial charge in [0, 0.05) is 44.7 Å². The Hall–Kier alpha value is -2.41. The number of benzene rings is 1. The molecule has 7 heteroatoms. The van der Waals surface area contributed by atoms with Crippen molar-refractivity contribution in [2.45, 2.75) is 20.3 Å². The number of nitrogens with zero attached hydrogens (tertiary/aromatic N) is 4. The number of amides is 2. The van der Waals surface area contributed by atoms with E-state index in [1.807, 2.05) is 47.9 Å². The van der Waals surface area contributed by atoms with Gasteiger partial charge in [0.15, 0.2) is 5.58 Å². The minimum atomic E-state index is 0.0544. The molecule has 2 amide bonds. The Bertz CT molecular complexity index is 761. The van der Waals surface area contributed by atoms with E-state index < -0.39 is 0 Å². The summed E-state index contributed by atoms with van der Waals surface area (Å²) in [7, 11) is 0. The first kappa shape index (κ1) is 18.4. The number of carbonyl (C=O) groups is 2. The van der Waals surface area contributed by atoms with Crippen LogP contribution >= 0.6 is 0 Å². The molecular weight excluding hydrogens is 332 g/mol. The zero-order valence-corrected chi connectivity index (χ0v) is 15.5. The minimum absolute atomic E-state index is 0.0544. The normalized spacial score (nSPS) is 15.4. The molecule has 1 aromatic carbocycles. The molecule has 0 saturated carbocycles. The maximum Gasteiger partial charge on any atom is 0.236 e. The molecule has 1 aromatic heterocycles. The van der Waals surface area contributed by atoms with Crippen LogP contribution in [0.25, 0.3) is 11.0 Å². The Labute approximate surface area is 153 Å². The largest absolute Gasteiger partial charge is 0.356 e. The number of hydrogen-bond donors (Lipinski definition) is 0. The lowest BCUT2D eigenvalue weighted by Gasteiger charge is -2.35. The van der Waals surface area contributed by atoms with Crippen LogP contribution in [0, 0.1) is 0 Å². The van der Waals surface area contributed by atoms with E-state index in [1.54, 1.807) is 0 Å². The second kappa shape index (κ2) is 8.31. The van der Waals surface area contributed by atoms with E-state index in [4.69, 9.17) is 4.52 Å². The van der Waals surface area contributed by atoms with Crippen molar-refractivity contribution in [1.29, 1.82) is 0 Å². The van der Waals surface area contributed by atoms with Crippen molar-refractivity contribution in [3.63, 3.8) is 0 Å². The van der Waals surface area contributed by atoms with Gasteiger partial charge in [0.05, 0.1) is 13.0 Å². The highest BCUT2D eigenvalue weighted by Crippen LogP contribution is 2.19. The van der Waals surface area contributed by atoms with Gasteiger partial charge in [-0.3, -0.25) is 14.5 Å². The van der Waals surface area contributed by atoms with Gasteiger partial charge in [0.2, 0.25) is 11.8 Å². The van der Waals surface area contributed by atoms with Crippen LogP contribution in [0.4, 0.5) is 0 Å². The fourth-order valence-corrected chi connectivity index (χ4v) is 3.34. The van der Waals surface area contributed by atoms with Crippen molar-refractivity contribution in [1.82, 2.24) is 19.9 Å². The van der Waals surface area contributed by atoms with E-state index in [0.717, 1.165) is 31.6 Å². The predicted octanol–water partition coefficient (Wildman–Crippen LogP) is 1.38. The van der Waals surface area contributed by atoms with Crippen LogP contribution in [-0.4, -0.2) is 77.5 Å². The quantitative estimate of drug-likeness (QED) is 0.780. The number of hydrogen-bond acceptors (Lipinski definition) is 5. The fourth-order valence-electron chi connectivity index (χ4n) is 3.34. The molecule has 0 N–H and O–H groups in total. The molecule has 140 valence electrons. The number of rotatable bonds is 6. The molecule has 3 rings (SSSR count). The van der Waals surface area contributed by atoms with E-state index >= 15 is 0 Å². The van der Waals surface area contributed by atoms with E-state index in [1.165, 1.54) is 0 Å². The van der Waals surface area contributed by atoms with Crippen LogP contribution in [0.2, 0.25) is 0 Å². The lowest BCUT2D eigenvalue weighted by Crippen LogP contribution is -2.51. The Morgan fingerprint density at radius 1 is 1.12 bits per heavy atom. The molecular formula is C19H26N4O3. The standard InChI is InChI=1S/C19H26N4O3/c1-3-22(4-2)19(25)14-21-9-11-23(12-10-21)18(24)13-16-15-7-5-6-8-17(15)26-20-16/h5-8H,3-4,9-14H2,1-2H3. The Morgan fingerprint density at radius 2 is 1.81 bits per heavy atom. The van der Waals surface area contributed by atoms with Crippen molar-refractivity contribution in [2.75, 3.05) is 45.8 Å². The van der Waals surface area contributed by atoms with Crippen LogP contribution in [0.5, 0.6) is 0 Å². The zero-order valence-electron chi connectivity index (χ0n) is 15.5. The van der Waals surface area contributed by atoms with Gasteiger partial charge in [-0.05, 0) is 26.0 Å². The van der Waals surface area contributed by atoms with Crippen molar-refractivity contribution < 1.29 is 14.1 Å². The molecule has 0 atom stereocenters. The van der Waals surface area contributed by atoms with Crippen LogP contribution < -0.4 is 0 Å². The number of para-hydroxylation sites is 1. The van der Waals surface area contributed by atoms with Gasteiger partial charge in [-0.1, -0.05) is 17.3 Å². The third-order valence-electron chi connectivity index (χ3n) is 4.97. The Kier molecular flexibility index (Phi) is 5.88. The molecule has 0 unspecified atom stereocenters. The summed E-state index contributed by atoms with van der Waals surface area (Å²) in [6, 6.07) is 7.57. The first-order valence-corrected chi connectivity index (χ1v) is 9.23. The van der Waals surface area contributed by atoms with Crippen molar-refractivity contribution in [3.8, 4) is 0 Å². The third kappa shape index (κ3) is 4.04. The monoisotopic (exact) mass is 358 g/mol. The van der Waals surface area contributed by atoms with Crippen molar-refractivity contribution >= 4 is 22.8 Å². The fraction of sp³-hybridized carbons (Fsp3) is 0.526. The summed E-state index contributed by atoms with van der Waals surface area (Å²) < 4.78 is 5.27. The van der Waals surface area contributed by atoms with E-state index in [2.05, 4.69) is 10.1 Å². The second-order valence-electron chi connectivity index (χ2n) is 6.53. The number of carbonyl (C=O) groups excluding carboxylic acids is 2. The molecule has 0 radical (unpaired) electrons. The molecule has 1 saturated heterocycles. The zero-order chi connectivity index (χ0) is 18.5. The highest BCUT2D eigenvalue weighted by Gasteiger charge is 2.24. The van der Waals surface area contributed by atoms with Gasteiger partial charge in [-0.15, -0.1) is 0 Å².